The fourth-order valence-corrected chi connectivity index (χ4v) is 4.08. The van der Waals surface area contributed by atoms with Gasteiger partial charge in [-0.2, -0.15) is 0 Å². The second-order valence-electron chi connectivity index (χ2n) is 8.48. The van der Waals surface area contributed by atoms with E-state index >= 15 is 0 Å². The maximum Gasteiger partial charge on any atom is 0.230 e. The molecule has 0 amide bonds. The van der Waals surface area contributed by atoms with Crippen molar-refractivity contribution in [3.8, 4) is 5.69 Å². The maximum atomic E-state index is 5.93. The maximum absolute atomic E-state index is 5.93. The van der Waals surface area contributed by atoms with Crippen molar-refractivity contribution in [2.24, 2.45) is 0 Å². The molecule has 0 aliphatic carbocycles. The Morgan fingerprint density at radius 3 is 2.45 bits per heavy atom. The third-order valence-electron chi connectivity index (χ3n) is 6.26. The van der Waals surface area contributed by atoms with Crippen molar-refractivity contribution in [2.45, 2.75) is 32.9 Å². The number of rotatable bonds is 7. The molecule has 1 atom stereocenters. The van der Waals surface area contributed by atoms with E-state index in [0.29, 0.717) is 24.7 Å². The van der Waals surface area contributed by atoms with Crippen LogP contribution in [0, 0.1) is 6.92 Å². The Labute approximate surface area is 193 Å². The van der Waals surface area contributed by atoms with Crippen LogP contribution >= 0.6 is 0 Å². The van der Waals surface area contributed by atoms with E-state index in [1.807, 2.05) is 36.7 Å². The molecule has 0 bridgehead atoms. The molecule has 6 nitrogen and oxygen atoms in total. The largest absolute Gasteiger partial charge is 0.424 e. The first-order valence-corrected chi connectivity index (χ1v) is 11.2. The second-order valence-corrected chi connectivity index (χ2v) is 8.48. The number of nitrogens with zero attached hydrogens (tertiary/aromatic N) is 5. The van der Waals surface area contributed by atoms with E-state index in [0.717, 1.165) is 16.7 Å². The molecule has 6 heteroatoms. The number of aromatic nitrogens is 4. The van der Waals surface area contributed by atoms with Crippen molar-refractivity contribution in [3.63, 3.8) is 0 Å². The van der Waals surface area contributed by atoms with Crippen LogP contribution < -0.4 is 0 Å². The van der Waals surface area contributed by atoms with Gasteiger partial charge >= 0.3 is 0 Å². The van der Waals surface area contributed by atoms with Crippen molar-refractivity contribution in [2.75, 3.05) is 7.05 Å². The van der Waals surface area contributed by atoms with Gasteiger partial charge in [-0.1, -0.05) is 48.5 Å². The highest BCUT2D eigenvalue weighted by Gasteiger charge is 2.16. The molecule has 0 spiro atoms. The van der Waals surface area contributed by atoms with E-state index in [1.165, 1.54) is 16.7 Å². The van der Waals surface area contributed by atoms with Crippen LogP contribution in [0.4, 0.5) is 0 Å². The van der Waals surface area contributed by atoms with Gasteiger partial charge in [-0.3, -0.25) is 9.47 Å². The molecule has 0 saturated heterocycles. The van der Waals surface area contributed by atoms with E-state index in [4.69, 9.17) is 4.42 Å². The lowest BCUT2D eigenvalue weighted by Gasteiger charge is -2.23. The minimum atomic E-state index is 0.199. The summed E-state index contributed by atoms with van der Waals surface area (Å²) in [6.45, 7) is 4.88. The Balaban J connectivity index is 1.26. The third kappa shape index (κ3) is 4.43. The van der Waals surface area contributed by atoms with Crippen LogP contribution in [0.25, 0.3) is 16.7 Å². The van der Waals surface area contributed by atoms with Crippen molar-refractivity contribution in [1.82, 2.24) is 24.6 Å². The number of para-hydroxylation sites is 2. The summed E-state index contributed by atoms with van der Waals surface area (Å²) >= 11 is 0. The molecule has 2 heterocycles. The van der Waals surface area contributed by atoms with Gasteiger partial charge < -0.3 is 4.42 Å². The first kappa shape index (κ1) is 21.1. The highest BCUT2D eigenvalue weighted by Crippen LogP contribution is 2.24. The molecular formula is C27H27N5O. The number of benzene rings is 3. The van der Waals surface area contributed by atoms with Gasteiger partial charge in [0.25, 0.3) is 0 Å². The average molecular weight is 438 g/mol. The Kier molecular flexibility index (Phi) is 5.75. The molecule has 0 N–H and O–H groups in total. The molecule has 5 aromatic rings. The van der Waals surface area contributed by atoms with Crippen molar-refractivity contribution in [3.05, 3.63) is 108 Å². The first-order chi connectivity index (χ1) is 16.1. The average Bonchev–Trinajstić information content (AvgIpc) is 3.47. The number of fused-ring (bicyclic) bond motifs is 1. The van der Waals surface area contributed by atoms with Gasteiger partial charge in [-0.05, 0) is 61.9 Å². The predicted molar refractivity (Wildman–Crippen MR) is 129 cm³/mol. The molecule has 5 rings (SSSR count). The lowest BCUT2D eigenvalue weighted by atomic mass is 10.1. The summed E-state index contributed by atoms with van der Waals surface area (Å²) in [4.78, 5) is 6.71. The quantitative estimate of drug-likeness (QED) is 0.336. The molecule has 0 radical (unpaired) electrons. The normalized spacial score (nSPS) is 12.5. The van der Waals surface area contributed by atoms with Crippen molar-refractivity contribution in [1.29, 1.82) is 0 Å². The van der Waals surface area contributed by atoms with Gasteiger partial charge in [0.2, 0.25) is 11.8 Å². The first-order valence-electron chi connectivity index (χ1n) is 11.2. The second kappa shape index (κ2) is 9.00. The van der Waals surface area contributed by atoms with Gasteiger partial charge in [-0.25, -0.2) is 4.98 Å². The SMILES string of the molecule is Cc1ccccc1Cc1nnc(CN(C)[C@H](C)c2ccc(-n3cnc4ccccc43)cc2)o1. The molecule has 166 valence electrons. The summed E-state index contributed by atoms with van der Waals surface area (Å²) in [5, 5.41) is 8.52. The van der Waals surface area contributed by atoms with Gasteiger partial charge in [0.1, 0.15) is 6.33 Å². The minimum absolute atomic E-state index is 0.199. The molecule has 33 heavy (non-hydrogen) atoms. The highest BCUT2D eigenvalue weighted by atomic mass is 16.4. The number of aryl methyl sites for hydroxylation is 1. The van der Waals surface area contributed by atoms with Crippen molar-refractivity contribution < 1.29 is 4.42 Å². The van der Waals surface area contributed by atoms with E-state index in [-0.39, 0.29) is 6.04 Å². The predicted octanol–water partition coefficient (Wildman–Crippen LogP) is 5.50. The fraction of sp³-hybridized carbons (Fsp3) is 0.222. The standard InChI is InChI=1S/C27H27N5O/c1-19-8-4-5-9-22(19)16-26-29-30-27(33-26)17-31(3)20(2)21-12-14-23(15-13-21)32-18-28-24-10-6-7-11-25(24)32/h4-15,18,20H,16-17H2,1-3H3/t20-/m1/s1. The van der Waals surface area contributed by atoms with Crippen LogP contribution in [0.3, 0.4) is 0 Å². The number of hydrogen-bond acceptors (Lipinski definition) is 5. The highest BCUT2D eigenvalue weighted by molar-refractivity contribution is 5.77. The van der Waals surface area contributed by atoms with Crippen LogP contribution in [0.1, 0.15) is 41.4 Å². The van der Waals surface area contributed by atoms with Crippen LogP contribution in [0.5, 0.6) is 0 Å². The Morgan fingerprint density at radius 1 is 0.909 bits per heavy atom. The summed E-state index contributed by atoms with van der Waals surface area (Å²) in [7, 11) is 2.08. The van der Waals surface area contributed by atoms with Gasteiger partial charge in [-0.15, -0.1) is 10.2 Å². The summed E-state index contributed by atoms with van der Waals surface area (Å²) in [6.07, 6.45) is 2.53. The molecule has 2 aromatic heterocycles. The lowest BCUT2D eigenvalue weighted by molar-refractivity contribution is 0.226. The molecule has 3 aromatic carbocycles. The van der Waals surface area contributed by atoms with Crippen molar-refractivity contribution >= 4 is 11.0 Å². The lowest BCUT2D eigenvalue weighted by Crippen LogP contribution is -2.22. The summed E-state index contributed by atoms with van der Waals surface area (Å²) in [5.74, 6) is 1.28. The zero-order valence-electron chi connectivity index (χ0n) is 19.1. The zero-order chi connectivity index (χ0) is 22.8. The minimum Gasteiger partial charge on any atom is -0.424 e. The summed E-state index contributed by atoms with van der Waals surface area (Å²) < 4.78 is 8.05. The molecule has 0 aliphatic rings. The van der Waals surface area contributed by atoms with Crippen LogP contribution in [-0.2, 0) is 13.0 Å². The van der Waals surface area contributed by atoms with E-state index in [1.54, 1.807) is 0 Å². The topological polar surface area (TPSA) is 60.0 Å². The Hall–Kier alpha value is -3.77. The van der Waals surface area contributed by atoms with Crippen LogP contribution in [0.2, 0.25) is 0 Å². The Bertz CT molecular complexity index is 1370. The van der Waals surface area contributed by atoms with Crippen LogP contribution in [-0.4, -0.2) is 31.7 Å². The zero-order valence-corrected chi connectivity index (χ0v) is 19.1. The molecular weight excluding hydrogens is 410 g/mol. The third-order valence-corrected chi connectivity index (χ3v) is 6.26. The molecule has 0 fully saturated rings. The van der Waals surface area contributed by atoms with E-state index in [2.05, 4.69) is 88.0 Å². The van der Waals surface area contributed by atoms with Gasteiger partial charge in [0.05, 0.1) is 24.0 Å². The summed E-state index contributed by atoms with van der Waals surface area (Å²) in [5.41, 5.74) is 6.87. The monoisotopic (exact) mass is 437 g/mol. The molecule has 0 saturated carbocycles. The van der Waals surface area contributed by atoms with Gasteiger partial charge in [0, 0.05) is 11.7 Å². The number of hydrogen-bond donors (Lipinski definition) is 0. The van der Waals surface area contributed by atoms with E-state index in [9.17, 15) is 0 Å². The molecule has 0 unspecified atom stereocenters. The van der Waals surface area contributed by atoms with Crippen LogP contribution in [0.15, 0.2) is 83.5 Å². The summed E-state index contributed by atoms with van der Waals surface area (Å²) in [6, 6.07) is 25.3. The fourth-order valence-electron chi connectivity index (χ4n) is 4.08. The number of imidazole rings is 1. The molecule has 0 aliphatic heterocycles. The smallest absolute Gasteiger partial charge is 0.230 e. The Morgan fingerprint density at radius 2 is 1.64 bits per heavy atom. The van der Waals surface area contributed by atoms with Gasteiger partial charge in [0.15, 0.2) is 0 Å². The van der Waals surface area contributed by atoms with E-state index < -0.39 is 0 Å².